The molecule has 0 saturated carbocycles. The molecule has 0 saturated heterocycles. The molecule has 2 amide bonds. The van der Waals surface area contributed by atoms with Crippen LogP contribution in [0.15, 0.2) is 0 Å². The number of nitrogens with zero attached hydrogens (tertiary/aromatic N) is 1. The summed E-state index contributed by atoms with van der Waals surface area (Å²) in [4.78, 5) is 39.1. The molecule has 2 N–H and O–H groups in total. The fraction of sp³-hybridized carbons (Fsp3) is 0.850. The Kier molecular flexibility index (Phi) is 8.52. The predicted octanol–water partition coefficient (Wildman–Crippen LogP) is 4.19. The molecular weight excluding hydrogens is 366 g/mol. The molecule has 0 unspecified atom stereocenters. The number of aliphatic hydroxyl groups is 1. The van der Waals surface area contributed by atoms with Gasteiger partial charge in [0.05, 0.1) is 0 Å². The van der Waals surface area contributed by atoms with Crippen LogP contribution in [0.4, 0.5) is 9.59 Å². The third kappa shape index (κ3) is 6.96. The molecule has 0 aliphatic heterocycles. The van der Waals surface area contributed by atoms with E-state index in [4.69, 9.17) is 14.6 Å². The van der Waals surface area contributed by atoms with Crippen LogP contribution in [-0.2, 0) is 14.3 Å². The highest BCUT2D eigenvalue weighted by Crippen LogP contribution is 2.42. The number of ether oxygens (including phenoxy) is 2. The van der Waals surface area contributed by atoms with Crippen LogP contribution in [0.3, 0.4) is 0 Å². The van der Waals surface area contributed by atoms with Crippen LogP contribution < -0.4 is 0 Å². The summed E-state index contributed by atoms with van der Waals surface area (Å²) in [6.45, 7) is 14.6. The molecule has 0 aromatic rings. The number of rotatable bonds is 6. The average Bonchev–Trinajstić information content (AvgIpc) is 2.40. The average molecular weight is 404 g/mol. The van der Waals surface area contributed by atoms with Gasteiger partial charge >= 0.3 is 18.2 Å². The molecule has 8 nitrogen and oxygen atoms in total. The lowest BCUT2D eigenvalue weighted by molar-refractivity contribution is -0.160. The van der Waals surface area contributed by atoms with Gasteiger partial charge in [-0.15, -0.1) is 0 Å². The summed E-state index contributed by atoms with van der Waals surface area (Å²) < 4.78 is 10.7. The third-order valence-electron chi connectivity index (χ3n) is 4.08. The number of aliphatic hydroxyl groups excluding tert-OH is 1. The van der Waals surface area contributed by atoms with Gasteiger partial charge in [-0.1, -0.05) is 20.8 Å². The third-order valence-corrected chi connectivity index (χ3v) is 4.08. The van der Waals surface area contributed by atoms with Crippen molar-refractivity contribution in [3.05, 3.63) is 0 Å². The van der Waals surface area contributed by atoms with Crippen molar-refractivity contribution < 1.29 is 34.1 Å². The van der Waals surface area contributed by atoms with Gasteiger partial charge in [0.2, 0.25) is 0 Å². The van der Waals surface area contributed by atoms with Crippen molar-refractivity contribution in [1.82, 2.24) is 4.90 Å². The van der Waals surface area contributed by atoms with Gasteiger partial charge < -0.3 is 19.7 Å². The van der Waals surface area contributed by atoms with E-state index in [0.717, 1.165) is 0 Å². The Morgan fingerprint density at radius 3 is 1.43 bits per heavy atom. The molecule has 0 bridgehead atoms. The van der Waals surface area contributed by atoms with Crippen LogP contribution in [0.5, 0.6) is 0 Å². The van der Waals surface area contributed by atoms with Crippen LogP contribution in [0.25, 0.3) is 0 Å². The lowest BCUT2D eigenvalue weighted by Gasteiger charge is -2.47. The van der Waals surface area contributed by atoms with Crippen molar-refractivity contribution in [3.8, 4) is 0 Å². The highest BCUT2D eigenvalue weighted by molar-refractivity contribution is 5.96. The van der Waals surface area contributed by atoms with Crippen molar-refractivity contribution in [3.63, 3.8) is 0 Å². The largest absolute Gasteiger partial charge is 0.479 e. The minimum Gasteiger partial charge on any atom is -0.479 e. The highest BCUT2D eigenvalue weighted by Gasteiger charge is 2.59. The number of carboxylic acid groups (broad SMARTS) is 1. The Labute approximate surface area is 168 Å². The molecule has 0 rings (SSSR count). The number of amides is 2. The first kappa shape index (κ1) is 26.2. The van der Waals surface area contributed by atoms with Gasteiger partial charge in [-0.2, -0.15) is 4.90 Å². The van der Waals surface area contributed by atoms with Crippen LogP contribution in [-0.4, -0.2) is 56.6 Å². The molecule has 0 fully saturated rings. The number of unbranched alkanes of at least 4 members (excludes halogenated alkanes) is 1. The van der Waals surface area contributed by atoms with Gasteiger partial charge in [0.25, 0.3) is 0 Å². The molecule has 28 heavy (non-hydrogen) atoms. The lowest BCUT2D eigenvalue weighted by Crippen LogP contribution is -2.67. The number of carboxylic acids is 1. The molecular formula is C20H37NO7. The topological polar surface area (TPSA) is 113 Å². The minimum absolute atomic E-state index is 0.0507. The molecule has 0 aromatic carbocycles. The van der Waals surface area contributed by atoms with E-state index in [-0.39, 0.29) is 13.0 Å². The molecule has 0 aliphatic rings. The standard InChI is InChI=1S/C20H37NO7/c1-17(2,3)20(14(23)24,12-10-11-13-22)21(15(25)27-18(4,5)6)16(26)28-19(7,8)9/h22H,10-13H2,1-9H3,(H,23,24)/t20-/m1/s1. The number of aliphatic carboxylic acids is 1. The van der Waals surface area contributed by atoms with Gasteiger partial charge in [0, 0.05) is 6.61 Å². The zero-order chi connectivity index (χ0) is 22.6. The summed E-state index contributed by atoms with van der Waals surface area (Å²) in [7, 11) is 0. The molecule has 0 radical (unpaired) electrons. The van der Waals surface area contributed by atoms with E-state index in [1.54, 1.807) is 62.3 Å². The van der Waals surface area contributed by atoms with Crippen molar-refractivity contribution in [2.45, 2.75) is 98.3 Å². The van der Waals surface area contributed by atoms with Gasteiger partial charge in [-0.3, -0.25) is 0 Å². The molecule has 0 heterocycles. The zero-order valence-electron chi connectivity index (χ0n) is 18.7. The van der Waals surface area contributed by atoms with Crippen LogP contribution >= 0.6 is 0 Å². The Morgan fingerprint density at radius 2 is 1.18 bits per heavy atom. The van der Waals surface area contributed by atoms with Gasteiger partial charge in [0.1, 0.15) is 11.2 Å². The Bertz CT molecular complexity index is 539. The fourth-order valence-electron chi connectivity index (χ4n) is 2.84. The Balaban J connectivity index is 6.53. The van der Waals surface area contributed by atoms with Gasteiger partial charge in [-0.25, -0.2) is 14.4 Å². The summed E-state index contributed by atoms with van der Waals surface area (Å²) in [5.41, 5.74) is -4.84. The first-order valence-corrected chi connectivity index (χ1v) is 9.49. The summed E-state index contributed by atoms with van der Waals surface area (Å²) in [6, 6.07) is 0. The summed E-state index contributed by atoms with van der Waals surface area (Å²) in [5.74, 6) is -1.34. The van der Waals surface area contributed by atoms with Crippen molar-refractivity contribution in [2.24, 2.45) is 5.41 Å². The maximum atomic E-state index is 13.0. The molecule has 1 atom stereocenters. The molecule has 0 aliphatic carbocycles. The number of imide groups is 1. The smallest absolute Gasteiger partial charge is 0.420 e. The molecule has 8 heteroatoms. The van der Waals surface area contributed by atoms with E-state index < -0.39 is 40.3 Å². The zero-order valence-corrected chi connectivity index (χ0v) is 18.7. The van der Waals surface area contributed by atoms with Gasteiger partial charge in [0.15, 0.2) is 5.54 Å². The van der Waals surface area contributed by atoms with Crippen molar-refractivity contribution in [1.29, 1.82) is 0 Å². The second-order valence-electron chi connectivity index (χ2n) is 9.89. The second-order valence-corrected chi connectivity index (χ2v) is 9.89. The minimum atomic E-state index is -1.92. The van der Waals surface area contributed by atoms with E-state index in [9.17, 15) is 19.5 Å². The number of hydrogen-bond acceptors (Lipinski definition) is 6. The first-order valence-electron chi connectivity index (χ1n) is 9.49. The Hall–Kier alpha value is -1.83. The number of hydrogen-bond donors (Lipinski definition) is 2. The number of carbonyl (C=O) groups excluding carboxylic acids is 2. The van der Waals surface area contributed by atoms with E-state index in [1.165, 1.54) is 0 Å². The monoisotopic (exact) mass is 403 g/mol. The lowest BCUT2D eigenvalue weighted by atomic mass is 9.69. The van der Waals surface area contributed by atoms with E-state index >= 15 is 0 Å². The van der Waals surface area contributed by atoms with E-state index in [2.05, 4.69) is 0 Å². The summed E-state index contributed by atoms with van der Waals surface area (Å²) in [5, 5.41) is 19.3. The summed E-state index contributed by atoms with van der Waals surface area (Å²) >= 11 is 0. The first-order chi connectivity index (χ1) is 12.4. The van der Waals surface area contributed by atoms with E-state index in [0.29, 0.717) is 17.7 Å². The van der Waals surface area contributed by atoms with Crippen LogP contribution in [0.1, 0.15) is 81.6 Å². The molecule has 164 valence electrons. The Morgan fingerprint density at radius 1 is 0.786 bits per heavy atom. The molecule has 0 aromatic heterocycles. The normalized spacial score (nSPS) is 14.8. The second kappa shape index (κ2) is 9.11. The van der Waals surface area contributed by atoms with Gasteiger partial charge in [-0.05, 0) is 66.2 Å². The summed E-state index contributed by atoms with van der Waals surface area (Å²) in [6.07, 6.45) is -1.58. The maximum absolute atomic E-state index is 13.0. The van der Waals surface area contributed by atoms with Crippen molar-refractivity contribution >= 4 is 18.2 Å². The fourth-order valence-corrected chi connectivity index (χ4v) is 2.84. The predicted molar refractivity (Wildman–Crippen MR) is 105 cm³/mol. The maximum Gasteiger partial charge on any atom is 0.420 e. The quantitative estimate of drug-likeness (QED) is 0.639. The SMILES string of the molecule is CC(C)(C)OC(=O)N(C(=O)OC(C)(C)C)[C@](CCCCO)(C(=O)O)C(C)(C)C. The van der Waals surface area contributed by atoms with Crippen molar-refractivity contribution in [2.75, 3.05) is 6.61 Å². The number of carbonyl (C=O) groups is 3. The van der Waals surface area contributed by atoms with Crippen LogP contribution in [0.2, 0.25) is 0 Å². The molecule has 0 spiro atoms. The van der Waals surface area contributed by atoms with E-state index in [1.807, 2.05) is 0 Å². The highest BCUT2D eigenvalue weighted by atomic mass is 16.6. The van der Waals surface area contributed by atoms with Crippen LogP contribution in [0, 0.1) is 5.41 Å².